The molecule has 0 aliphatic carbocycles. The molecule has 0 saturated carbocycles. The second-order valence-corrected chi connectivity index (χ2v) is 20.1. The third-order valence-electron chi connectivity index (χ3n) is 8.70. The molecule has 0 aliphatic rings. The summed E-state index contributed by atoms with van der Waals surface area (Å²) in [6.07, 6.45) is 2.02. The van der Waals surface area contributed by atoms with E-state index in [9.17, 15) is 0 Å². The molecule has 0 fully saturated rings. The van der Waals surface area contributed by atoms with Crippen molar-refractivity contribution in [3.8, 4) is 21.7 Å². The largest absolute Gasteiger partial charge is 0.256 e. The third kappa shape index (κ3) is 5.65. The lowest BCUT2D eigenvalue weighted by molar-refractivity contribution is 0.591. The van der Waals surface area contributed by atoms with Crippen LogP contribution < -0.4 is 5.19 Å². The molecule has 0 amide bonds. The molecule has 0 radical (unpaired) electrons. The first kappa shape index (κ1) is 29.3. The van der Waals surface area contributed by atoms with E-state index in [-0.39, 0.29) is 5.41 Å². The van der Waals surface area contributed by atoms with Gasteiger partial charge in [0.05, 0.1) is 24.0 Å². The number of fused-ring (bicyclic) bond motifs is 4. The monoisotopic (exact) mass is 618 g/mol. The van der Waals surface area contributed by atoms with Gasteiger partial charge in [-0.15, -0.1) is 11.3 Å². The van der Waals surface area contributed by atoms with Gasteiger partial charge in [-0.05, 0) is 68.4 Å². The molecule has 0 atom stereocenters. The number of rotatable bonds is 5. The first-order valence-electron chi connectivity index (χ1n) is 15.7. The van der Waals surface area contributed by atoms with Gasteiger partial charge in [0, 0.05) is 22.9 Å². The molecule has 2 nitrogen and oxygen atoms in total. The number of benzene rings is 6. The van der Waals surface area contributed by atoms with Gasteiger partial charge in [0.1, 0.15) is 5.01 Å². The second kappa shape index (κ2) is 11.2. The minimum Gasteiger partial charge on any atom is -0.256 e. The van der Waals surface area contributed by atoms with Gasteiger partial charge < -0.3 is 0 Å². The second-order valence-electron chi connectivity index (χ2n) is 14.0. The van der Waals surface area contributed by atoms with E-state index < -0.39 is 8.07 Å². The van der Waals surface area contributed by atoms with Gasteiger partial charge in [0.15, 0.2) is 0 Å². The number of nitrogens with zero attached hydrogens (tertiary/aromatic N) is 2. The molecule has 4 heteroatoms. The molecule has 0 unspecified atom stereocenters. The molecule has 7 rings (SSSR count). The maximum absolute atomic E-state index is 5.31. The molecular formula is C41H38N2SSi. The molecule has 45 heavy (non-hydrogen) atoms. The predicted octanol–water partition coefficient (Wildman–Crippen LogP) is 11.5. The van der Waals surface area contributed by atoms with Gasteiger partial charge in [-0.1, -0.05) is 131 Å². The van der Waals surface area contributed by atoms with Crippen molar-refractivity contribution in [1.29, 1.82) is 0 Å². The van der Waals surface area contributed by atoms with Crippen LogP contribution in [0.25, 0.3) is 53.5 Å². The maximum atomic E-state index is 5.31. The molecule has 0 N–H and O–H groups in total. The van der Waals surface area contributed by atoms with Crippen molar-refractivity contribution in [2.24, 2.45) is 4.99 Å². The van der Waals surface area contributed by atoms with Crippen LogP contribution in [0.15, 0.2) is 120 Å². The Morgan fingerprint density at radius 2 is 1.36 bits per heavy atom. The highest BCUT2D eigenvalue weighted by molar-refractivity contribution is 7.21. The van der Waals surface area contributed by atoms with Crippen molar-refractivity contribution in [3.05, 3.63) is 126 Å². The van der Waals surface area contributed by atoms with Crippen molar-refractivity contribution in [3.63, 3.8) is 0 Å². The minimum atomic E-state index is -1.39. The van der Waals surface area contributed by atoms with E-state index in [4.69, 9.17) is 9.98 Å². The molecule has 1 aromatic heterocycles. The van der Waals surface area contributed by atoms with Crippen LogP contribution in [0.5, 0.6) is 0 Å². The van der Waals surface area contributed by atoms with Crippen LogP contribution in [0.1, 0.15) is 31.9 Å². The zero-order valence-electron chi connectivity index (χ0n) is 26.8. The zero-order chi connectivity index (χ0) is 31.3. The van der Waals surface area contributed by atoms with Crippen LogP contribution in [0.2, 0.25) is 19.6 Å². The lowest BCUT2D eigenvalue weighted by Crippen LogP contribution is -2.37. The van der Waals surface area contributed by atoms with E-state index in [1.165, 1.54) is 48.1 Å². The summed E-state index contributed by atoms with van der Waals surface area (Å²) in [4.78, 5) is 10.4. The van der Waals surface area contributed by atoms with Crippen molar-refractivity contribution in [2.45, 2.75) is 45.8 Å². The summed E-state index contributed by atoms with van der Waals surface area (Å²) in [6, 6.07) is 41.7. The quantitative estimate of drug-likeness (QED) is 0.107. The Morgan fingerprint density at radius 1 is 0.689 bits per heavy atom. The number of hydrogen-bond donors (Lipinski definition) is 0. The highest BCUT2D eigenvalue weighted by atomic mass is 32.1. The Kier molecular flexibility index (Phi) is 7.30. The van der Waals surface area contributed by atoms with E-state index >= 15 is 0 Å². The Balaban J connectivity index is 1.35. The van der Waals surface area contributed by atoms with Crippen molar-refractivity contribution >= 4 is 68.3 Å². The fraction of sp³-hybridized carbons (Fsp3) is 0.171. The van der Waals surface area contributed by atoms with Gasteiger partial charge >= 0.3 is 0 Å². The third-order valence-corrected chi connectivity index (χ3v) is 11.8. The van der Waals surface area contributed by atoms with Gasteiger partial charge in [-0.2, -0.15) is 0 Å². The molecule has 222 valence electrons. The van der Waals surface area contributed by atoms with Crippen LogP contribution in [0.3, 0.4) is 0 Å². The van der Waals surface area contributed by atoms with Gasteiger partial charge in [0.2, 0.25) is 0 Å². The van der Waals surface area contributed by atoms with E-state index in [1.807, 2.05) is 6.21 Å². The van der Waals surface area contributed by atoms with Crippen molar-refractivity contribution < 1.29 is 0 Å². The van der Waals surface area contributed by atoms with Crippen LogP contribution in [-0.2, 0) is 5.41 Å². The Morgan fingerprint density at radius 3 is 2.09 bits per heavy atom. The van der Waals surface area contributed by atoms with Crippen LogP contribution in [0.4, 0.5) is 5.69 Å². The topological polar surface area (TPSA) is 25.2 Å². The summed E-state index contributed by atoms with van der Waals surface area (Å²) in [6.45, 7) is 14.1. The minimum absolute atomic E-state index is 0.0240. The lowest BCUT2D eigenvalue weighted by Gasteiger charge is -2.21. The molecule has 0 bridgehead atoms. The highest BCUT2D eigenvalue weighted by Gasteiger charge is 2.21. The fourth-order valence-electron chi connectivity index (χ4n) is 6.04. The maximum Gasteiger partial charge on any atom is 0.126 e. The average molecular weight is 619 g/mol. The fourth-order valence-corrected chi connectivity index (χ4v) is 8.28. The summed E-state index contributed by atoms with van der Waals surface area (Å²) in [5, 5.41) is 7.40. The van der Waals surface area contributed by atoms with Crippen LogP contribution in [-0.4, -0.2) is 19.3 Å². The molecule has 0 saturated heterocycles. The molecule has 1 heterocycles. The average Bonchev–Trinajstić information content (AvgIpc) is 3.47. The number of thiazole rings is 1. The number of para-hydroxylation sites is 1. The summed E-state index contributed by atoms with van der Waals surface area (Å²) in [5.74, 6) is 0. The first-order valence-corrected chi connectivity index (χ1v) is 20.0. The number of aromatic nitrogens is 1. The van der Waals surface area contributed by atoms with Gasteiger partial charge in [-0.25, -0.2) is 4.98 Å². The van der Waals surface area contributed by atoms with Gasteiger partial charge in [-0.3, -0.25) is 4.99 Å². The van der Waals surface area contributed by atoms with Gasteiger partial charge in [0.25, 0.3) is 0 Å². The molecule has 6 aromatic carbocycles. The van der Waals surface area contributed by atoms with E-state index in [2.05, 4.69) is 156 Å². The van der Waals surface area contributed by atoms with Crippen LogP contribution >= 0.6 is 11.3 Å². The summed E-state index contributed by atoms with van der Waals surface area (Å²) >= 11 is 1.76. The van der Waals surface area contributed by atoms with Crippen molar-refractivity contribution in [2.75, 3.05) is 0 Å². The molecular weight excluding hydrogens is 581 g/mol. The first-order chi connectivity index (χ1) is 21.6. The summed E-state index contributed by atoms with van der Waals surface area (Å²) in [7, 11) is -1.39. The van der Waals surface area contributed by atoms with Crippen molar-refractivity contribution in [1.82, 2.24) is 4.98 Å². The highest BCUT2D eigenvalue weighted by Crippen LogP contribution is 2.41. The Bertz CT molecular complexity index is 2230. The SMILES string of the molecule is CC(C)(C)c1cc(-c2ccc([Si](C)(C)C)cc2)c2nc(-c3ccccc3N=Cc3cc4ccccc4c4ccccc34)sc2c1. The standard InChI is InChI=1S/C41H38N2SSi/c1-41(2,3)30-24-36(27-19-21-31(22-20-27)45(4,5)6)39-38(25-30)44-40(43-39)35-17-11-12-18-37(35)42-26-29-23-28-13-7-8-14-32(28)34-16-10-9-15-33(29)34/h7-26H,1-6H3. The van der Waals surface area contributed by atoms with E-state index in [0.717, 1.165) is 27.3 Å². The molecule has 7 aromatic rings. The van der Waals surface area contributed by atoms with Crippen LogP contribution in [0, 0.1) is 0 Å². The normalized spacial score (nSPS) is 12.6. The predicted molar refractivity (Wildman–Crippen MR) is 201 cm³/mol. The summed E-state index contributed by atoms with van der Waals surface area (Å²) in [5.41, 5.74) is 7.92. The Labute approximate surface area is 271 Å². The lowest BCUT2D eigenvalue weighted by atomic mass is 9.85. The number of aliphatic imine (C=N–C) groups is 1. The molecule has 0 aliphatic heterocycles. The van der Waals surface area contributed by atoms with E-state index in [1.54, 1.807) is 11.3 Å². The zero-order valence-corrected chi connectivity index (χ0v) is 28.7. The smallest absolute Gasteiger partial charge is 0.126 e. The molecule has 0 spiro atoms. The Hall–Kier alpha value is -4.38. The number of hydrogen-bond acceptors (Lipinski definition) is 3. The summed E-state index contributed by atoms with van der Waals surface area (Å²) < 4.78 is 1.21. The van der Waals surface area contributed by atoms with E-state index in [0.29, 0.717) is 0 Å².